The van der Waals surface area contributed by atoms with Crippen molar-refractivity contribution in [2.75, 3.05) is 18.7 Å². The third-order valence-electron chi connectivity index (χ3n) is 5.76. The minimum Gasteiger partial charge on any atom is -0.454 e. The zero-order valence-electron chi connectivity index (χ0n) is 17.4. The van der Waals surface area contributed by atoms with Crippen LogP contribution in [0.2, 0.25) is 5.02 Å². The number of amides is 2. The molecular weight excluding hydrogens is 477 g/mol. The fourth-order valence-electron chi connectivity index (χ4n) is 4.06. The molecule has 2 aromatic rings. The second-order valence-corrected chi connectivity index (χ2v) is 8.37. The number of nitrogens with one attached hydrogen (secondary N) is 2. The van der Waals surface area contributed by atoms with E-state index in [0.29, 0.717) is 17.9 Å². The Balaban J connectivity index is 1.24. The summed E-state index contributed by atoms with van der Waals surface area (Å²) < 4.78 is 49.6. The summed E-state index contributed by atoms with van der Waals surface area (Å²) >= 11 is 5.94. The molecule has 5 rings (SSSR count). The van der Waals surface area contributed by atoms with E-state index in [1.54, 1.807) is 11.2 Å². The molecule has 3 heterocycles. The molecular formula is C22H18ClF3N4O4. The summed E-state index contributed by atoms with van der Waals surface area (Å²) in [6.45, 7) is -0.212. The first-order valence-electron chi connectivity index (χ1n) is 10.3. The first-order valence-corrected chi connectivity index (χ1v) is 10.7. The van der Waals surface area contributed by atoms with Crippen molar-refractivity contribution >= 4 is 29.1 Å². The van der Waals surface area contributed by atoms with E-state index in [-0.39, 0.29) is 36.0 Å². The highest BCUT2D eigenvalue weighted by atomic mass is 35.5. The van der Waals surface area contributed by atoms with Crippen molar-refractivity contribution in [3.63, 3.8) is 0 Å². The molecule has 1 fully saturated rings. The van der Waals surface area contributed by atoms with Crippen molar-refractivity contribution in [1.82, 2.24) is 15.3 Å². The second-order valence-electron chi connectivity index (χ2n) is 7.96. The number of alkyl halides is 3. The number of hydrogen-bond donors (Lipinski definition) is 2. The molecule has 178 valence electrons. The molecule has 8 nitrogen and oxygen atoms in total. The maximum Gasteiger partial charge on any atom is 0.416 e. The molecule has 2 aromatic carbocycles. The van der Waals surface area contributed by atoms with E-state index < -0.39 is 23.7 Å². The molecule has 2 unspecified atom stereocenters. The van der Waals surface area contributed by atoms with Crippen LogP contribution in [0.5, 0.6) is 11.5 Å². The number of anilines is 1. The van der Waals surface area contributed by atoms with Crippen LogP contribution in [0.15, 0.2) is 48.8 Å². The van der Waals surface area contributed by atoms with E-state index in [2.05, 4.69) is 10.7 Å². The van der Waals surface area contributed by atoms with E-state index >= 15 is 0 Å². The van der Waals surface area contributed by atoms with Gasteiger partial charge in [0.25, 0.3) is 5.91 Å². The molecule has 1 saturated heterocycles. The van der Waals surface area contributed by atoms with Crippen molar-refractivity contribution in [1.29, 1.82) is 0 Å². The van der Waals surface area contributed by atoms with Crippen molar-refractivity contribution < 1.29 is 32.2 Å². The third kappa shape index (κ3) is 4.24. The van der Waals surface area contributed by atoms with Crippen LogP contribution in [0.25, 0.3) is 0 Å². The lowest BCUT2D eigenvalue weighted by Crippen LogP contribution is -2.49. The van der Waals surface area contributed by atoms with Gasteiger partial charge >= 0.3 is 6.18 Å². The number of ether oxygens (including phenoxy) is 2. The fraction of sp³-hybridized carbons (Fsp3) is 0.273. The molecule has 0 radical (unpaired) electrons. The topological polar surface area (TPSA) is 83.1 Å². The molecule has 2 amide bonds. The Bertz CT molecular complexity index is 1190. The van der Waals surface area contributed by atoms with Gasteiger partial charge < -0.3 is 24.7 Å². The Labute approximate surface area is 196 Å². The first kappa shape index (κ1) is 22.4. The summed E-state index contributed by atoms with van der Waals surface area (Å²) in [4.78, 5) is 26.7. The lowest BCUT2D eigenvalue weighted by molar-refractivity contribution is -0.137. The van der Waals surface area contributed by atoms with Crippen LogP contribution >= 0.6 is 11.6 Å². The number of carbonyl (C=O) groups excluding carboxylic acids is 2. The smallest absolute Gasteiger partial charge is 0.416 e. The molecule has 0 spiro atoms. The molecule has 3 aliphatic rings. The molecule has 3 aliphatic heterocycles. The van der Waals surface area contributed by atoms with Crippen molar-refractivity contribution in [2.45, 2.75) is 24.7 Å². The monoisotopic (exact) mass is 494 g/mol. The van der Waals surface area contributed by atoms with Gasteiger partial charge in [-0.1, -0.05) is 17.7 Å². The molecule has 0 aromatic heterocycles. The summed E-state index contributed by atoms with van der Waals surface area (Å²) in [5.74, 6) is 0.306. The van der Waals surface area contributed by atoms with Gasteiger partial charge in [-0.15, -0.1) is 0 Å². The number of fused-ring (bicyclic) bond motifs is 2. The molecule has 2 atom stereocenters. The summed E-state index contributed by atoms with van der Waals surface area (Å²) in [6, 6.07) is 7.49. The van der Waals surface area contributed by atoms with E-state index in [9.17, 15) is 22.8 Å². The largest absolute Gasteiger partial charge is 0.454 e. The molecule has 0 aliphatic carbocycles. The van der Waals surface area contributed by atoms with Crippen LogP contribution in [-0.4, -0.2) is 41.1 Å². The Morgan fingerprint density at radius 3 is 2.74 bits per heavy atom. The van der Waals surface area contributed by atoms with Gasteiger partial charge in [0.05, 0.1) is 22.3 Å². The normalized spacial score (nSPS) is 21.1. The van der Waals surface area contributed by atoms with Crippen molar-refractivity contribution in [2.24, 2.45) is 0 Å². The van der Waals surface area contributed by atoms with Gasteiger partial charge in [0.2, 0.25) is 12.7 Å². The Hall–Kier alpha value is -3.44. The van der Waals surface area contributed by atoms with Crippen molar-refractivity contribution in [3.05, 3.63) is 64.9 Å². The van der Waals surface area contributed by atoms with Gasteiger partial charge in [0.1, 0.15) is 12.6 Å². The maximum atomic E-state index is 13.0. The summed E-state index contributed by atoms with van der Waals surface area (Å²) in [5.41, 5.74) is 3.05. The SMILES string of the molecule is O=C(CN1C=CN2NC(c3ccc4c(c3)OCO4)CC2C1=O)Nc1cc(C(F)(F)F)ccc1Cl. The van der Waals surface area contributed by atoms with Crippen LogP contribution in [0.1, 0.15) is 23.6 Å². The van der Waals surface area contributed by atoms with E-state index in [4.69, 9.17) is 21.1 Å². The van der Waals surface area contributed by atoms with Gasteiger partial charge in [-0.05, 0) is 42.3 Å². The van der Waals surface area contributed by atoms with E-state index in [1.165, 1.54) is 11.1 Å². The minimum absolute atomic E-state index is 0.0420. The number of nitrogens with zero attached hydrogens (tertiary/aromatic N) is 2. The molecule has 12 heteroatoms. The lowest BCUT2D eigenvalue weighted by atomic mass is 10.0. The third-order valence-corrected chi connectivity index (χ3v) is 6.09. The Morgan fingerprint density at radius 2 is 1.94 bits per heavy atom. The zero-order chi connectivity index (χ0) is 24.0. The standard InChI is InChI=1S/C22H18ClF3N4O4/c23-14-3-2-13(22(24,25)26)8-16(14)27-20(31)10-29-5-6-30-17(21(29)32)9-15(28-30)12-1-4-18-19(7-12)34-11-33-18/h1-8,15,17,28H,9-11H2,(H,27,31). The van der Waals surface area contributed by atoms with Gasteiger partial charge in [-0.25, -0.2) is 5.43 Å². The number of rotatable bonds is 4. The van der Waals surface area contributed by atoms with Crippen LogP contribution < -0.4 is 20.2 Å². The fourth-order valence-corrected chi connectivity index (χ4v) is 4.22. The predicted octanol–water partition coefficient (Wildman–Crippen LogP) is 3.66. The quantitative estimate of drug-likeness (QED) is 0.675. The molecule has 2 N–H and O–H groups in total. The molecule has 0 saturated carbocycles. The first-order chi connectivity index (χ1) is 16.2. The zero-order valence-corrected chi connectivity index (χ0v) is 18.2. The lowest BCUT2D eigenvalue weighted by Gasteiger charge is -2.31. The highest BCUT2D eigenvalue weighted by molar-refractivity contribution is 6.33. The van der Waals surface area contributed by atoms with E-state index in [0.717, 1.165) is 23.8 Å². The van der Waals surface area contributed by atoms with Gasteiger partial charge in [0, 0.05) is 12.4 Å². The Morgan fingerprint density at radius 1 is 1.15 bits per heavy atom. The molecule has 34 heavy (non-hydrogen) atoms. The number of carbonyl (C=O) groups is 2. The van der Waals surface area contributed by atoms with Crippen LogP contribution in [-0.2, 0) is 15.8 Å². The number of halogens is 4. The predicted molar refractivity (Wildman–Crippen MR) is 115 cm³/mol. The number of hydrogen-bond acceptors (Lipinski definition) is 6. The van der Waals surface area contributed by atoms with Crippen LogP contribution in [0, 0.1) is 0 Å². The highest BCUT2D eigenvalue weighted by Crippen LogP contribution is 2.38. The number of hydrazine groups is 1. The summed E-state index contributed by atoms with van der Waals surface area (Å²) in [7, 11) is 0. The van der Waals surface area contributed by atoms with Gasteiger partial charge in [0.15, 0.2) is 11.5 Å². The minimum atomic E-state index is -4.58. The van der Waals surface area contributed by atoms with Gasteiger partial charge in [-0.3, -0.25) is 9.59 Å². The molecule has 0 bridgehead atoms. The van der Waals surface area contributed by atoms with Crippen LogP contribution in [0.3, 0.4) is 0 Å². The average molecular weight is 495 g/mol. The maximum absolute atomic E-state index is 13.0. The second kappa shape index (κ2) is 8.41. The highest BCUT2D eigenvalue weighted by Gasteiger charge is 2.40. The van der Waals surface area contributed by atoms with Gasteiger partial charge in [-0.2, -0.15) is 13.2 Å². The average Bonchev–Trinajstić information content (AvgIpc) is 3.43. The number of benzene rings is 2. The van der Waals surface area contributed by atoms with E-state index in [1.807, 2.05) is 18.2 Å². The Kier molecular flexibility index (Phi) is 5.53. The summed E-state index contributed by atoms with van der Waals surface area (Å²) in [6.07, 6.45) is -1.05. The van der Waals surface area contributed by atoms with Crippen LogP contribution in [0.4, 0.5) is 18.9 Å². The van der Waals surface area contributed by atoms with Crippen molar-refractivity contribution in [3.8, 4) is 11.5 Å². The summed E-state index contributed by atoms with van der Waals surface area (Å²) in [5, 5.41) is 3.99.